The number of esters is 2. The molecule has 0 heterocycles. The maximum absolute atomic E-state index is 11.3. The first kappa shape index (κ1) is 16.9. The largest absolute Gasteiger partial charge is 0.467 e. The minimum atomic E-state index is -1.34. The Balaban J connectivity index is 4.51. The van der Waals surface area contributed by atoms with Gasteiger partial charge in [-0.1, -0.05) is 12.2 Å². The van der Waals surface area contributed by atoms with Crippen molar-refractivity contribution in [3.63, 3.8) is 0 Å². The first-order valence-corrected chi connectivity index (χ1v) is 5.31. The second kappa shape index (κ2) is 8.92. The number of amides is 1. The highest BCUT2D eigenvalue weighted by atomic mass is 16.5. The summed E-state index contributed by atoms with van der Waals surface area (Å²) < 4.78 is 13.1. The number of alkyl carbamates (subject to hydrolysis) is 1. The standard InChI is InChI=1S/C11H17NO7/c1-17-9(14)7(12-11(16)19-3)5-4-6-8(13)10(15)18-2/h4-5,7-8,13H,6H2,1-3H3,(H,12,16)/b5-4+. The monoisotopic (exact) mass is 275 g/mol. The van der Waals surface area contributed by atoms with Crippen molar-refractivity contribution < 1.29 is 33.7 Å². The lowest BCUT2D eigenvalue weighted by atomic mass is 10.2. The molecule has 0 aromatic carbocycles. The Labute approximate surface area is 110 Å². The molecule has 19 heavy (non-hydrogen) atoms. The summed E-state index contributed by atoms with van der Waals surface area (Å²) in [5.74, 6) is -1.51. The SMILES string of the molecule is COC(=O)NC(/C=C/CC(O)C(=O)OC)C(=O)OC. The number of carbonyl (C=O) groups is 3. The summed E-state index contributed by atoms with van der Waals surface area (Å²) in [6, 6.07) is -1.07. The fraction of sp³-hybridized carbons (Fsp3) is 0.545. The van der Waals surface area contributed by atoms with Crippen LogP contribution >= 0.6 is 0 Å². The molecule has 0 aromatic heterocycles. The molecule has 0 fully saturated rings. The van der Waals surface area contributed by atoms with Gasteiger partial charge in [0, 0.05) is 6.42 Å². The van der Waals surface area contributed by atoms with Crippen LogP contribution in [0, 0.1) is 0 Å². The molecule has 0 aromatic rings. The predicted octanol–water partition coefficient (Wildman–Crippen LogP) is -0.636. The van der Waals surface area contributed by atoms with Crippen LogP contribution < -0.4 is 5.32 Å². The summed E-state index contributed by atoms with van der Waals surface area (Å²) in [6.07, 6.45) is 0.406. The predicted molar refractivity (Wildman–Crippen MR) is 63.1 cm³/mol. The van der Waals surface area contributed by atoms with E-state index in [-0.39, 0.29) is 6.42 Å². The smallest absolute Gasteiger partial charge is 0.407 e. The minimum absolute atomic E-state index is 0.0664. The molecule has 0 bridgehead atoms. The van der Waals surface area contributed by atoms with E-state index in [9.17, 15) is 19.5 Å². The van der Waals surface area contributed by atoms with Gasteiger partial charge in [0.2, 0.25) is 0 Å². The summed E-state index contributed by atoms with van der Waals surface area (Å²) in [6.45, 7) is 0. The van der Waals surface area contributed by atoms with Crippen LogP contribution in [0.3, 0.4) is 0 Å². The number of ether oxygens (including phenoxy) is 3. The molecule has 108 valence electrons. The van der Waals surface area contributed by atoms with Gasteiger partial charge in [0.1, 0.15) is 6.04 Å². The van der Waals surface area contributed by atoms with Crippen molar-refractivity contribution in [2.24, 2.45) is 0 Å². The summed E-state index contributed by atoms with van der Waals surface area (Å²) in [7, 11) is 3.45. The van der Waals surface area contributed by atoms with Crippen molar-refractivity contribution in [3.05, 3.63) is 12.2 Å². The number of hydrogen-bond donors (Lipinski definition) is 2. The van der Waals surface area contributed by atoms with E-state index < -0.39 is 30.2 Å². The number of methoxy groups -OCH3 is 3. The molecule has 2 N–H and O–H groups in total. The molecule has 0 aliphatic carbocycles. The van der Waals surface area contributed by atoms with Crippen molar-refractivity contribution in [2.45, 2.75) is 18.6 Å². The van der Waals surface area contributed by atoms with Gasteiger partial charge < -0.3 is 24.6 Å². The quantitative estimate of drug-likeness (QED) is 0.377. The Hall–Kier alpha value is -2.09. The van der Waals surface area contributed by atoms with Gasteiger partial charge in [-0.3, -0.25) is 0 Å². The summed E-state index contributed by atoms with van der Waals surface area (Å²) in [5.41, 5.74) is 0. The van der Waals surface area contributed by atoms with Gasteiger partial charge in [0.15, 0.2) is 6.10 Å². The molecule has 2 unspecified atom stereocenters. The van der Waals surface area contributed by atoms with Crippen LogP contribution in [-0.4, -0.2) is 56.6 Å². The van der Waals surface area contributed by atoms with Gasteiger partial charge in [-0.15, -0.1) is 0 Å². The lowest BCUT2D eigenvalue weighted by molar-refractivity contribution is -0.150. The number of aliphatic hydroxyl groups is 1. The van der Waals surface area contributed by atoms with Crippen molar-refractivity contribution in [1.82, 2.24) is 5.32 Å². The molecular weight excluding hydrogens is 258 g/mol. The number of hydrogen-bond acceptors (Lipinski definition) is 7. The van der Waals surface area contributed by atoms with Gasteiger partial charge >= 0.3 is 18.0 Å². The average molecular weight is 275 g/mol. The summed E-state index contributed by atoms with van der Waals surface area (Å²) >= 11 is 0. The maximum atomic E-state index is 11.3. The Morgan fingerprint density at radius 1 is 1.11 bits per heavy atom. The van der Waals surface area contributed by atoms with E-state index in [4.69, 9.17) is 0 Å². The Morgan fingerprint density at radius 3 is 2.16 bits per heavy atom. The van der Waals surface area contributed by atoms with E-state index in [1.807, 2.05) is 0 Å². The van der Waals surface area contributed by atoms with E-state index in [1.54, 1.807) is 0 Å². The molecule has 8 heteroatoms. The van der Waals surface area contributed by atoms with E-state index >= 15 is 0 Å². The third-order valence-electron chi connectivity index (χ3n) is 2.08. The highest BCUT2D eigenvalue weighted by Gasteiger charge is 2.19. The molecule has 2 atom stereocenters. The second-order valence-corrected chi connectivity index (χ2v) is 3.34. The van der Waals surface area contributed by atoms with Crippen molar-refractivity contribution in [3.8, 4) is 0 Å². The van der Waals surface area contributed by atoms with Crippen LogP contribution in [0.5, 0.6) is 0 Å². The van der Waals surface area contributed by atoms with E-state index in [2.05, 4.69) is 19.5 Å². The molecule has 1 amide bonds. The molecule has 0 spiro atoms. The molecule has 8 nitrogen and oxygen atoms in total. The summed E-state index contributed by atoms with van der Waals surface area (Å²) in [4.78, 5) is 33.2. The van der Waals surface area contributed by atoms with Crippen LogP contribution in [-0.2, 0) is 23.8 Å². The van der Waals surface area contributed by atoms with Gasteiger partial charge in [-0.25, -0.2) is 14.4 Å². The molecular formula is C11H17NO7. The summed E-state index contributed by atoms with van der Waals surface area (Å²) in [5, 5.41) is 11.5. The van der Waals surface area contributed by atoms with Gasteiger partial charge in [-0.2, -0.15) is 0 Å². The zero-order valence-corrected chi connectivity index (χ0v) is 10.9. The van der Waals surface area contributed by atoms with Crippen molar-refractivity contribution >= 4 is 18.0 Å². The molecule has 0 saturated carbocycles. The van der Waals surface area contributed by atoms with Crippen LogP contribution in [0.4, 0.5) is 4.79 Å². The van der Waals surface area contributed by atoms with Crippen molar-refractivity contribution in [1.29, 1.82) is 0 Å². The van der Waals surface area contributed by atoms with Crippen LogP contribution in [0.25, 0.3) is 0 Å². The normalized spacial score (nSPS) is 13.5. The molecule has 0 aliphatic heterocycles. The molecule has 0 radical (unpaired) electrons. The maximum Gasteiger partial charge on any atom is 0.407 e. The molecule has 0 aliphatic rings. The number of rotatable bonds is 6. The molecule has 0 rings (SSSR count). The number of aliphatic hydroxyl groups excluding tert-OH is 1. The Morgan fingerprint density at radius 2 is 1.68 bits per heavy atom. The fourth-order valence-corrected chi connectivity index (χ4v) is 1.07. The lowest BCUT2D eigenvalue weighted by Gasteiger charge is -2.12. The Bertz CT molecular complexity index is 353. The van der Waals surface area contributed by atoms with Gasteiger partial charge in [0.25, 0.3) is 0 Å². The number of nitrogens with one attached hydrogen (secondary N) is 1. The Kier molecular flexibility index (Phi) is 7.94. The van der Waals surface area contributed by atoms with Crippen LogP contribution in [0.2, 0.25) is 0 Å². The highest BCUT2D eigenvalue weighted by Crippen LogP contribution is 1.99. The average Bonchev–Trinajstić information content (AvgIpc) is 2.43. The minimum Gasteiger partial charge on any atom is -0.467 e. The fourth-order valence-electron chi connectivity index (χ4n) is 1.07. The molecule has 0 saturated heterocycles. The third kappa shape index (κ3) is 6.41. The van der Waals surface area contributed by atoms with E-state index in [0.717, 1.165) is 21.3 Å². The topological polar surface area (TPSA) is 111 Å². The van der Waals surface area contributed by atoms with Gasteiger partial charge in [0.05, 0.1) is 21.3 Å². The zero-order valence-electron chi connectivity index (χ0n) is 10.9. The van der Waals surface area contributed by atoms with E-state index in [1.165, 1.54) is 12.2 Å². The highest BCUT2D eigenvalue weighted by molar-refractivity contribution is 5.83. The first-order valence-electron chi connectivity index (χ1n) is 5.31. The first-order chi connectivity index (χ1) is 8.96. The van der Waals surface area contributed by atoms with Crippen molar-refractivity contribution in [2.75, 3.05) is 21.3 Å². The second-order valence-electron chi connectivity index (χ2n) is 3.34. The third-order valence-corrected chi connectivity index (χ3v) is 2.08. The lowest BCUT2D eigenvalue weighted by Crippen LogP contribution is -2.40. The van der Waals surface area contributed by atoms with E-state index in [0.29, 0.717) is 0 Å². The van der Waals surface area contributed by atoms with Crippen LogP contribution in [0.15, 0.2) is 12.2 Å². The number of carbonyl (C=O) groups excluding carboxylic acids is 3. The zero-order chi connectivity index (χ0) is 14.8. The van der Waals surface area contributed by atoms with Gasteiger partial charge in [-0.05, 0) is 0 Å². The van der Waals surface area contributed by atoms with Crippen LogP contribution in [0.1, 0.15) is 6.42 Å².